The molecular formula is C39H48FN5O2Si. The molecule has 48 heavy (non-hydrogen) atoms. The lowest BCUT2D eigenvalue weighted by Gasteiger charge is -2.48. The van der Waals surface area contributed by atoms with Crippen LogP contribution in [0.15, 0.2) is 48.8 Å². The first-order valence-corrected chi connectivity index (χ1v) is 19.4. The van der Waals surface area contributed by atoms with Crippen LogP contribution in [0.4, 0.5) is 20.6 Å². The predicted molar refractivity (Wildman–Crippen MR) is 197 cm³/mol. The summed E-state index contributed by atoms with van der Waals surface area (Å²) >= 11 is 0. The van der Waals surface area contributed by atoms with Crippen molar-refractivity contribution in [2.24, 2.45) is 0 Å². The summed E-state index contributed by atoms with van der Waals surface area (Å²) in [6, 6.07) is 12.1. The van der Waals surface area contributed by atoms with Crippen molar-refractivity contribution in [3.8, 4) is 22.7 Å². The monoisotopic (exact) mass is 665 g/mol. The molecule has 0 saturated carbocycles. The Kier molecular flexibility index (Phi) is 8.70. The highest BCUT2D eigenvalue weighted by molar-refractivity contribution is 6.90. The molecule has 0 unspecified atom stereocenters. The van der Waals surface area contributed by atoms with Gasteiger partial charge < -0.3 is 20.3 Å². The molecule has 0 radical (unpaired) electrons. The largest absolute Gasteiger partial charge is 0.444 e. The van der Waals surface area contributed by atoms with Crippen LogP contribution in [0.2, 0.25) is 16.6 Å². The normalized spacial score (nSPS) is 18.0. The molecule has 2 aliphatic heterocycles. The van der Waals surface area contributed by atoms with Crippen molar-refractivity contribution in [3.05, 3.63) is 60.2 Å². The van der Waals surface area contributed by atoms with E-state index in [1.807, 2.05) is 57.2 Å². The molecule has 6 rings (SSSR count). The molecule has 4 heterocycles. The number of carbonyl (C=O) groups excluding carboxylic acids is 1. The van der Waals surface area contributed by atoms with E-state index in [1.54, 1.807) is 11.1 Å². The van der Waals surface area contributed by atoms with Crippen molar-refractivity contribution in [1.29, 1.82) is 0 Å². The third-order valence-electron chi connectivity index (χ3n) is 10.5. The van der Waals surface area contributed by atoms with Gasteiger partial charge in [0.1, 0.15) is 24.9 Å². The minimum atomic E-state index is -2.00. The lowest BCUT2D eigenvalue weighted by Crippen LogP contribution is -2.63. The molecule has 2 aliphatic rings. The van der Waals surface area contributed by atoms with E-state index >= 15 is 4.39 Å². The molecule has 9 heteroatoms. The molecule has 2 aromatic carbocycles. The van der Waals surface area contributed by atoms with Crippen molar-refractivity contribution in [2.75, 3.05) is 23.7 Å². The summed E-state index contributed by atoms with van der Waals surface area (Å²) in [5.41, 5.74) is 14.5. The molecule has 0 spiro atoms. The Balaban J connectivity index is 1.41. The zero-order valence-corrected chi connectivity index (χ0v) is 30.7. The van der Waals surface area contributed by atoms with Gasteiger partial charge in [0.05, 0.1) is 29.7 Å². The second kappa shape index (κ2) is 12.4. The Labute approximate surface area is 285 Å². The van der Waals surface area contributed by atoms with Crippen LogP contribution in [-0.2, 0) is 4.74 Å². The average molecular weight is 666 g/mol. The highest BCUT2D eigenvalue weighted by Crippen LogP contribution is 2.44. The van der Waals surface area contributed by atoms with Crippen LogP contribution in [0, 0.1) is 17.3 Å². The molecule has 2 fully saturated rings. The van der Waals surface area contributed by atoms with Gasteiger partial charge in [0, 0.05) is 41.2 Å². The van der Waals surface area contributed by atoms with Gasteiger partial charge in [-0.05, 0) is 55.3 Å². The van der Waals surface area contributed by atoms with E-state index in [0.29, 0.717) is 52.0 Å². The number of nitrogens with zero attached hydrogens (tertiary/aromatic N) is 4. The number of ether oxygens (including phenoxy) is 1. The van der Waals surface area contributed by atoms with Gasteiger partial charge in [0.2, 0.25) is 0 Å². The van der Waals surface area contributed by atoms with Crippen LogP contribution in [0.5, 0.6) is 0 Å². The number of carbonyl (C=O) groups is 1. The molecule has 1 amide bonds. The van der Waals surface area contributed by atoms with Gasteiger partial charge in [-0.15, -0.1) is 5.54 Å². The summed E-state index contributed by atoms with van der Waals surface area (Å²) in [5, 5.41) is 2.44. The number of rotatable bonds is 5. The highest BCUT2D eigenvalue weighted by atomic mass is 28.3. The summed E-state index contributed by atoms with van der Waals surface area (Å²) in [4.78, 5) is 26.1. The first kappa shape index (κ1) is 33.7. The van der Waals surface area contributed by atoms with E-state index in [1.165, 1.54) is 6.20 Å². The predicted octanol–water partition coefficient (Wildman–Crippen LogP) is 8.94. The van der Waals surface area contributed by atoms with E-state index in [-0.39, 0.29) is 29.4 Å². The number of benzene rings is 2. The molecule has 7 nitrogen and oxygen atoms in total. The second-order valence-electron chi connectivity index (χ2n) is 15.4. The first-order valence-electron chi connectivity index (χ1n) is 17.2. The number of aromatic nitrogens is 2. The quantitative estimate of drug-likeness (QED) is 0.169. The number of hydrogen-bond donors (Lipinski definition) is 1. The molecular weight excluding hydrogens is 618 g/mol. The second-order valence-corrected chi connectivity index (χ2v) is 20.9. The van der Waals surface area contributed by atoms with Gasteiger partial charge in [-0.3, -0.25) is 9.97 Å². The van der Waals surface area contributed by atoms with E-state index in [4.69, 9.17) is 15.5 Å². The van der Waals surface area contributed by atoms with Gasteiger partial charge in [-0.1, -0.05) is 77.8 Å². The number of fused-ring (bicyclic) bond motifs is 3. The van der Waals surface area contributed by atoms with Crippen molar-refractivity contribution < 1.29 is 13.9 Å². The molecule has 2 saturated heterocycles. The molecule has 0 bridgehead atoms. The number of likely N-dealkylation sites (tertiary alicyclic amines) is 1. The van der Waals surface area contributed by atoms with Gasteiger partial charge in [-0.2, -0.15) is 0 Å². The van der Waals surface area contributed by atoms with Gasteiger partial charge in [0.15, 0.2) is 5.82 Å². The molecule has 252 valence electrons. The van der Waals surface area contributed by atoms with Gasteiger partial charge in [-0.25, -0.2) is 9.18 Å². The van der Waals surface area contributed by atoms with Crippen molar-refractivity contribution >= 4 is 47.2 Å². The summed E-state index contributed by atoms with van der Waals surface area (Å²) in [6.45, 7) is 20.6. The van der Waals surface area contributed by atoms with E-state index in [9.17, 15) is 4.79 Å². The average Bonchev–Trinajstić information content (AvgIpc) is 3.33. The fourth-order valence-corrected chi connectivity index (χ4v) is 13.5. The molecule has 2 atom stereocenters. The summed E-state index contributed by atoms with van der Waals surface area (Å²) in [7, 11) is -2.00. The Hall–Kier alpha value is -4.16. The third-order valence-corrected chi connectivity index (χ3v) is 16.8. The van der Waals surface area contributed by atoms with Crippen LogP contribution in [0.1, 0.15) is 74.3 Å². The Bertz CT molecular complexity index is 1930. The Morgan fingerprint density at radius 3 is 2.31 bits per heavy atom. The van der Waals surface area contributed by atoms with E-state index < -0.39 is 19.5 Å². The number of amides is 1. The van der Waals surface area contributed by atoms with Crippen LogP contribution in [-0.4, -0.2) is 59.8 Å². The number of anilines is 2. The third kappa shape index (κ3) is 5.58. The lowest BCUT2D eigenvalue weighted by atomic mass is 9.94. The number of nitrogen functional groups attached to an aromatic ring is 1. The maximum absolute atomic E-state index is 16.7. The zero-order chi connectivity index (χ0) is 34.7. The maximum Gasteiger partial charge on any atom is 0.410 e. The molecule has 2 aromatic heterocycles. The van der Waals surface area contributed by atoms with Crippen molar-refractivity contribution in [2.45, 2.75) is 103 Å². The van der Waals surface area contributed by atoms with Crippen LogP contribution >= 0.6 is 0 Å². The van der Waals surface area contributed by atoms with Crippen LogP contribution < -0.4 is 10.6 Å². The molecule has 2 N–H and O–H groups in total. The fraction of sp³-hybridized carbons (Fsp3) is 0.462. The molecule has 4 aromatic rings. The number of hydrogen-bond acceptors (Lipinski definition) is 6. The van der Waals surface area contributed by atoms with Crippen molar-refractivity contribution in [3.63, 3.8) is 0 Å². The zero-order valence-electron chi connectivity index (χ0n) is 29.7. The molecule has 0 aliphatic carbocycles. The minimum absolute atomic E-state index is 0.0126. The van der Waals surface area contributed by atoms with Gasteiger partial charge in [0.25, 0.3) is 0 Å². The smallest absolute Gasteiger partial charge is 0.410 e. The Morgan fingerprint density at radius 2 is 1.67 bits per heavy atom. The van der Waals surface area contributed by atoms with E-state index in [0.717, 1.165) is 22.8 Å². The van der Waals surface area contributed by atoms with Crippen molar-refractivity contribution in [1.82, 2.24) is 14.9 Å². The highest BCUT2D eigenvalue weighted by Gasteiger charge is 2.50. The lowest BCUT2D eigenvalue weighted by molar-refractivity contribution is 0.0194. The van der Waals surface area contributed by atoms with E-state index in [2.05, 4.69) is 62.9 Å². The number of halogens is 1. The van der Waals surface area contributed by atoms with Crippen LogP contribution in [0.3, 0.4) is 0 Å². The number of nitrogens with two attached hydrogens (primary N) is 1. The minimum Gasteiger partial charge on any atom is -0.444 e. The number of pyridine rings is 2. The summed E-state index contributed by atoms with van der Waals surface area (Å²) in [6.07, 6.45) is 3.70. The Morgan fingerprint density at radius 1 is 1.00 bits per heavy atom. The SMILES string of the molecule is CC(C)[Si](C#Cc1cccc2cccc(-c3ncc4c(N5C[C@@H]6[C@H]5CCN6C(=O)OC(C)(C)C)c(N)cnc4c3F)c12)(C(C)C)C(C)C. The first-order chi connectivity index (χ1) is 22.7. The summed E-state index contributed by atoms with van der Waals surface area (Å²) in [5.74, 6) is 3.13. The summed E-state index contributed by atoms with van der Waals surface area (Å²) < 4.78 is 22.4. The maximum atomic E-state index is 16.7. The fourth-order valence-electron chi connectivity index (χ4n) is 8.31. The standard InChI is InChI=1S/C39H48FN5O2Si/c1-23(2)48(24(3)4,25(5)6)19-17-27-13-10-12-26-14-11-15-28(33(26)27)35-34(40)36-29(20-42-35)37(30(41)21-43-36)45-22-32-31(45)16-18-44(32)38(46)47-39(7,8)9/h10-15,20-21,23-25,31-32H,16,18,22,41H2,1-9H3/t31-,32-/m1/s1. The van der Waals surface area contributed by atoms with Crippen LogP contribution in [0.25, 0.3) is 32.9 Å². The van der Waals surface area contributed by atoms with Gasteiger partial charge >= 0.3 is 6.09 Å². The topological polar surface area (TPSA) is 84.6 Å².